The minimum atomic E-state index is 0.305. The van der Waals surface area contributed by atoms with Crippen molar-refractivity contribution in [3.05, 3.63) is 21.9 Å². The average Bonchev–Trinajstić information content (AvgIpc) is 3.03. The minimum absolute atomic E-state index is 0.305. The van der Waals surface area contributed by atoms with Crippen molar-refractivity contribution in [1.82, 2.24) is 10.2 Å². The summed E-state index contributed by atoms with van der Waals surface area (Å²) in [4.78, 5) is 9.89. The number of thiophene rings is 1. The van der Waals surface area contributed by atoms with Gasteiger partial charge in [-0.3, -0.25) is 9.89 Å². The van der Waals surface area contributed by atoms with Crippen molar-refractivity contribution >= 4 is 17.3 Å². The predicted molar refractivity (Wildman–Crippen MR) is 101 cm³/mol. The summed E-state index contributed by atoms with van der Waals surface area (Å²) in [5.41, 5.74) is 6.16. The molecule has 3 N–H and O–H groups in total. The first kappa shape index (κ1) is 17.7. The first-order chi connectivity index (χ1) is 11.7. The third kappa shape index (κ3) is 4.94. The molecule has 1 aliphatic heterocycles. The van der Waals surface area contributed by atoms with Gasteiger partial charge >= 0.3 is 0 Å². The molecular weight excluding hydrogens is 320 g/mol. The molecule has 0 amide bonds. The molecule has 0 aromatic carbocycles. The second-order valence-corrected chi connectivity index (χ2v) is 8.14. The average molecular weight is 351 g/mol. The highest BCUT2D eigenvalue weighted by Crippen LogP contribution is 2.28. The van der Waals surface area contributed by atoms with E-state index in [2.05, 4.69) is 34.3 Å². The van der Waals surface area contributed by atoms with E-state index in [1.54, 1.807) is 0 Å². The summed E-state index contributed by atoms with van der Waals surface area (Å²) in [5, 5.41) is 3.42. The van der Waals surface area contributed by atoms with Crippen LogP contribution in [0.1, 0.15) is 47.9 Å². The molecule has 1 unspecified atom stereocenters. The van der Waals surface area contributed by atoms with E-state index in [0.29, 0.717) is 24.6 Å². The van der Waals surface area contributed by atoms with Crippen molar-refractivity contribution in [1.29, 1.82) is 0 Å². The molecule has 2 fully saturated rings. The van der Waals surface area contributed by atoms with Gasteiger partial charge in [0.2, 0.25) is 0 Å². The molecule has 6 heteroatoms. The number of ether oxygens (including phenoxy) is 1. The lowest BCUT2D eigenvalue weighted by Crippen LogP contribution is -2.43. The van der Waals surface area contributed by atoms with Gasteiger partial charge in [0, 0.05) is 28.9 Å². The van der Waals surface area contributed by atoms with Crippen LogP contribution < -0.4 is 11.1 Å². The fourth-order valence-electron chi connectivity index (χ4n) is 3.59. The smallest absolute Gasteiger partial charge is 0.188 e. The van der Waals surface area contributed by atoms with E-state index in [-0.39, 0.29) is 0 Å². The molecule has 0 radical (unpaired) electrons. The van der Waals surface area contributed by atoms with Gasteiger partial charge in [-0.25, -0.2) is 0 Å². The topological polar surface area (TPSA) is 62.9 Å². The summed E-state index contributed by atoms with van der Waals surface area (Å²) in [7, 11) is 0. The molecule has 24 heavy (non-hydrogen) atoms. The lowest BCUT2D eigenvalue weighted by molar-refractivity contribution is 0.0186. The fourth-order valence-corrected chi connectivity index (χ4v) is 4.60. The second-order valence-electron chi connectivity index (χ2n) is 6.82. The Kier molecular flexibility index (Phi) is 6.51. The van der Waals surface area contributed by atoms with Crippen LogP contribution in [-0.2, 0) is 4.74 Å². The van der Waals surface area contributed by atoms with Crippen molar-refractivity contribution in [2.24, 2.45) is 10.7 Å². The molecule has 1 aromatic heterocycles. The highest BCUT2D eigenvalue weighted by atomic mass is 32.1. The summed E-state index contributed by atoms with van der Waals surface area (Å²) < 4.78 is 5.51. The van der Waals surface area contributed by atoms with E-state index in [4.69, 9.17) is 10.5 Å². The summed E-state index contributed by atoms with van der Waals surface area (Å²) in [6.07, 6.45) is 6.39. The van der Waals surface area contributed by atoms with Crippen molar-refractivity contribution < 1.29 is 4.74 Å². The number of nitrogens with zero attached hydrogens (tertiary/aromatic N) is 2. The van der Waals surface area contributed by atoms with Crippen LogP contribution in [0.15, 0.2) is 17.1 Å². The normalized spacial score (nSPS) is 22.5. The van der Waals surface area contributed by atoms with E-state index >= 15 is 0 Å². The van der Waals surface area contributed by atoms with Crippen LogP contribution in [0.4, 0.5) is 0 Å². The van der Waals surface area contributed by atoms with Gasteiger partial charge in [0.05, 0.1) is 25.8 Å². The van der Waals surface area contributed by atoms with Crippen LogP contribution >= 0.6 is 11.3 Å². The first-order valence-electron chi connectivity index (χ1n) is 9.17. The van der Waals surface area contributed by atoms with Crippen LogP contribution in [0.5, 0.6) is 0 Å². The number of aryl methyl sites for hydroxylation is 1. The molecule has 0 bridgehead atoms. The maximum Gasteiger partial charge on any atom is 0.188 e. The third-order valence-electron chi connectivity index (χ3n) is 4.97. The lowest BCUT2D eigenvalue weighted by atomic mass is 9.96. The number of hydrogen-bond acceptors (Lipinski definition) is 4. The van der Waals surface area contributed by atoms with Gasteiger partial charge in [0.15, 0.2) is 5.96 Å². The number of hydrogen-bond donors (Lipinski definition) is 2. The Labute approximate surface area is 149 Å². The summed E-state index contributed by atoms with van der Waals surface area (Å²) in [6, 6.07) is 5.24. The molecule has 2 heterocycles. The molecule has 1 atom stereocenters. The molecule has 0 spiro atoms. The van der Waals surface area contributed by atoms with Gasteiger partial charge in [0.1, 0.15) is 0 Å². The van der Waals surface area contributed by atoms with Crippen LogP contribution in [0, 0.1) is 6.92 Å². The van der Waals surface area contributed by atoms with E-state index < -0.39 is 0 Å². The highest BCUT2D eigenvalue weighted by Gasteiger charge is 2.24. The Bertz CT molecular complexity index is 533. The molecular formula is C18H30N4OS. The van der Waals surface area contributed by atoms with Crippen molar-refractivity contribution in [3.63, 3.8) is 0 Å². The van der Waals surface area contributed by atoms with Gasteiger partial charge in [-0.2, -0.15) is 0 Å². The van der Waals surface area contributed by atoms with Crippen molar-refractivity contribution in [2.45, 2.75) is 51.1 Å². The van der Waals surface area contributed by atoms with Crippen LogP contribution in [-0.4, -0.2) is 49.7 Å². The van der Waals surface area contributed by atoms with Crippen LogP contribution in [0.3, 0.4) is 0 Å². The fraction of sp³-hybridized carbons (Fsp3) is 0.722. The zero-order valence-electron chi connectivity index (χ0n) is 14.7. The van der Waals surface area contributed by atoms with Gasteiger partial charge < -0.3 is 15.8 Å². The number of nitrogens with two attached hydrogens (primary N) is 1. The molecule has 1 saturated heterocycles. The largest absolute Gasteiger partial charge is 0.379 e. The molecule has 1 saturated carbocycles. The minimum Gasteiger partial charge on any atom is -0.379 e. The Balaban J connectivity index is 1.63. The van der Waals surface area contributed by atoms with Gasteiger partial charge in [-0.05, 0) is 31.9 Å². The monoisotopic (exact) mass is 350 g/mol. The van der Waals surface area contributed by atoms with Crippen LogP contribution in [0.25, 0.3) is 0 Å². The third-order valence-corrected chi connectivity index (χ3v) is 6.07. The van der Waals surface area contributed by atoms with E-state index in [0.717, 1.165) is 26.3 Å². The van der Waals surface area contributed by atoms with Gasteiger partial charge in [-0.15, -0.1) is 11.3 Å². The zero-order valence-corrected chi connectivity index (χ0v) is 15.5. The summed E-state index contributed by atoms with van der Waals surface area (Å²) in [5.74, 6) is 0.605. The van der Waals surface area contributed by atoms with Crippen molar-refractivity contribution in [3.8, 4) is 0 Å². The SMILES string of the molecule is Cc1ccc(C(CN=C(N)NC2CCCCC2)N2CCOCC2)s1. The van der Waals surface area contributed by atoms with Gasteiger partial charge in [0.25, 0.3) is 0 Å². The number of rotatable bonds is 5. The standard InChI is InChI=1S/C18H30N4OS/c1-14-7-8-17(24-14)16(22-9-11-23-12-10-22)13-20-18(19)21-15-5-3-2-4-6-15/h7-8,15-16H,2-6,9-13H2,1H3,(H3,19,20,21). The maximum atomic E-state index is 6.16. The number of guanidine groups is 1. The first-order valence-corrected chi connectivity index (χ1v) is 9.98. The molecule has 134 valence electrons. The maximum absolute atomic E-state index is 6.16. The summed E-state index contributed by atoms with van der Waals surface area (Å²) in [6.45, 7) is 6.42. The lowest BCUT2D eigenvalue weighted by Gasteiger charge is -2.33. The highest BCUT2D eigenvalue weighted by molar-refractivity contribution is 7.12. The zero-order chi connectivity index (χ0) is 16.8. The predicted octanol–water partition coefficient (Wildman–Crippen LogP) is 2.67. The summed E-state index contributed by atoms with van der Waals surface area (Å²) >= 11 is 1.86. The van der Waals surface area contributed by atoms with Crippen LogP contribution in [0.2, 0.25) is 0 Å². The second kappa shape index (κ2) is 8.83. The van der Waals surface area contributed by atoms with Crippen molar-refractivity contribution in [2.75, 3.05) is 32.8 Å². The quantitative estimate of drug-likeness (QED) is 0.633. The molecule has 3 rings (SSSR count). The molecule has 1 aromatic rings. The van der Waals surface area contributed by atoms with E-state index in [1.807, 2.05) is 11.3 Å². The number of nitrogens with one attached hydrogen (secondary N) is 1. The number of morpholine rings is 1. The molecule has 1 aliphatic carbocycles. The van der Waals surface area contributed by atoms with Gasteiger partial charge in [-0.1, -0.05) is 19.3 Å². The molecule has 5 nitrogen and oxygen atoms in total. The number of aliphatic imine (C=N–C) groups is 1. The Morgan fingerprint density at radius 1 is 1.33 bits per heavy atom. The molecule has 2 aliphatic rings. The Hall–Kier alpha value is -1.11. The van der Waals surface area contributed by atoms with E-state index in [9.17, 15) is 0 Å². The Morgan fingerprint density at radius 3 is 2.75 bits per heavy atom. The Morgan fingerprint density at radius 2 is 2.08 bits per heavy atom. The van der Waals surface area contributed by atoms with E-state index in [1.165, 1.54) is 41.9 Å².